The van der Waals surface area contributed by atoms with Gasteiger partial charge in [0.05, 0.1) is 11.7 Å². The predicted octanol–water partition coefficient (Wildman–Crippen LogP) is 3.51. The maximum absolute atomic E-state index is 10.5. The van der Waals surface area contributed by atoms with Crippen molar-refractivity contribution in [3.63, 3.8) is 0 Å². The Bertz CT molecular complexity index is 411. The van der Waals surface area contributed by atoms with E-state index in [1.807, 2.05) is 25.1 Å². The van der Waals surface area contributed by atoms with Crippen molar-refractivity contribution in [2.45, 2.75) is 50.7 Å². The Hall–Kier alpha value is -0.570. The van der Waals surface area contributed by atoms with Crippen molar-refractivity contribution in [2.24, 2.45) is 0 Å². The van der Waals surface area contributed by atoms with Gasteiger partial charge in [-0.25, -0.2) is 0 Å². The molecule has 2 rings (SSSR count). The smallest absolute Gasteiger partial charge is 0.0939 e. The lowest BCUT2D eigenvalue weighted by Crippen LogP contribution is -2.42. The monoisotopic (exact) mass is 268 g/mol. The summed E-state index contributed by atoms with van der Waals surface area (Å²) < 4.78 is 5.60. The van der Waals surface area contributed by atoms with Crippen molar-refractivity contribution < 1.29 is 9.84 Å². The predicted molar refractivity (Wildman–Crippen MR) is 74.1 cm³/mol. The van der Waals surface area contributed by atoms with E-state index in [4.69, 9.17) is 16.3 Å². The average molecular weight is 269 g/mol. The van der Waals surface area contributed by atoms with Gasteiger partial charge in [0.15, 0.2) is 0 Å². The van der Waals surface area contributed by atoms with Gasteiger partial charge in [0, 0.05) is 18.6 Å². The molecule has 1 aliphatic carbocycles. The molecule has 0 spiro atoms. The van der Waals surface area contributed by atoms with Crippen molar-refractivity contribution in [2.75, 3.05) is 7.11 Å². The number of hydrogen-bond donors (Lipinski definition) is 1. The Morgan fingerprint density at radius 2 is 2.06 bits per heavy atom. The second kappa shape index (κ2) is 5.60. The maximum Gasteiger partial charge on any atom is 0.0939 e. The SMILES string of the molecule is COC1(C(O)Cc2ccc(C)cc2Cl)CCCC1. The number of ether oxygens (including phenoxy) is 1. The van der Waals surface area contributed by atoms with Gasteiger partial charge in [0.25, 0.3) is 0 Å². The van der Waals surface area contributed by atoms with E-state index in [1.165, 1.54) is 0 Å². The topological polar surface area (TPSA) is 29.5 Å². The Balaban J connectivity index is 2.12. The zero-order chi connectivity index (χ0) is 13.2. The van der Waals surface area contributed by atoms with E-state index in [2.05, 4.69) is 0 Å². The number of aliphatic hydroxyl groups is 1. The molecule has 3 heteroatoms. The summed E-state index contributed by atoms with van der Waals surface area (Å²) in [5.41, 5.74) is 1.77. The Morgan fingerprint density at radius 1 is 1.39 bits per heavy atom. The molecule has 0 bridgehead atoms. The highest BCUT2D eigenvalue weighted by atomic mass is 35.5. The van der Waals surface area contributed by atoms with E-state index in [-0.39, 0.29) is 5.60 Å². The molecule has 1 aromatic carbocycles. The van der Waals surface area contributed by atoms with E-state index >= 15 is 0 Å². The number of aryl methyl sites for hydroxylation is 1. The minimum absolute atomic E-state index is 0.367. The largest absolute Gasteiger partial charge is 0.390 e. The fourth-order valence-electron chi connectivity index (χ4n) is 2.86. The van der Waals surface area contributed by atoms with Crippen LogP contribution >= 0.6 is 11.6 Å². The molecule has 2 nitrogen and oxygen atoms in total. The molecule has 0 amide bonds. The summed E-state index contributed by atoms with van der Waals surface area (Å²) in [6.45, 7) is 2.01. The molecule has 1 saturated carbocycles. The van der Waals surface area contributed by atoms with Gasteiger partial charge in [0.1, 0.15) is 0 Å². The van der Waals surface area contributed by atoms with Crippen LogP contribution in [-0.4, -0.2) is 23.9 Å². The van der Waals surface area contributed by atoms with Crippen LogP contribution in [0.1, 0.15) is 36.8 Å². The van der Waals surface area contributed by atoms with Crippen molar-refractivity contribution in [1.82, 2.24) is 0 Å². The Kier molecular flexibility index (Phi) is 4.31. The van der Waals surface area contributed by atoms with Crippen LogP contribution in [0, 0.1) is 6.92 Å². The molecule has 100 valence electrons. The number of hydrogen-bond acceptors (Lipinski definition) is 2. The summed E-state index contributed by atoms with van der Waals surface area (Å²) in [6, 6.07) is 5.97. The Labute approximate surface area is 114 Å². The number of methoxy groups -OCH3 is 1. The van der Waals surface area contributed by atoms with Crippen LogP contribution in [0.15, 0.2) is 18.2 Å². The molecule has 0 aromatic heterocycles. The second-order valence-corrected chi connectivity index (χ2v) is 5.70. The van der Waals surface area contributed by atoms with Gasteiger partial charge < -0.3 is 9.84 Å². The molecular weight excluding hydrogens is 248 g/mol. The summed E-state index contributed by atoms with van der Waals surface area (Å²) in [4.78, 5) is 0. The van der Waals surface area contributed by atoms with Crippen LogP contribution in [0.2, 0.25) is 5.02 Å². The van der Waals surface area contributed by atoms with Crippen molar-refractivity contribution in [3.05, 3.63) is 34.3 Å². The second-order valence-electron chi connectivity index (χ2n) is 5.29. The van der Waals surface area contributed by atoms with E-state index in [9.17, 15) is 5.11 Å². The first kappa shape index (κ1) is 13.9. The van der Waals surface area contributed by atoms with Crippen molar-refractivity contribution in [3.8, 4) is 0 Å². The van der Waals surface area contributed by atoms with Gasteiger partial charge >= 0.3 is 0 Å². The molecule has 1 N–H and O–H groups in total. The fourth-order valence-corrected chi connectivity index (χ4v) is 3.17. The van der Waals surface area contributed by atoms with Gasteiger partial charge in [-0.15, -0.1) is 0 Å². The molecule has 18 heavy (non-hydrogen) atoms. The zero-order valence-corrected chi connectivity index (χ0v) is 11.8. The van der Waals surface area contributed by atoms with Gasteiger partial charge in [-0.2, -0.15) is 0 Å². The van der Waals surface area contributed by atoms with Gasteiger partial charge in [0.2, 0.25) is 0 Å². The summed E-state index contributed by atoms with van der Waals surface area (Å²) in [6.07, 6.45) is 4.22. The highest BCUT2D eigenvalue weighted by Gasteiger charge is 2.40. The van der Waals surface area contributed by atoms with E-state index in [0.29, 0.717) is 6.42 Å². The lowest BCUT2D eigenvalue weighted by atomic mass is 9.89. The molecule has 1 atom stereocenters. The van der Waals surface area contributed by atoms with Crippen molar-refractivity contribution in [1.29, 1.82) is 0 Å². The number of rotatable bonds is 4. The molecule has 0 heterocycles. The first-order chi connectivity index (χ1) is 8.57. The summed E-state index contributed by atoms with van der Waals surface area (Å²) in [5, 5.41) is 11.2. The molecule has 1 fully saturated rings. The van der Waals surface area contributed by atoms with E-state index < -0.39 is 6.10 Å². The third kappa shape index (κ3) is 2.71. The van der Waals surface area contributed by atoms with Gasteiger partial charge in [-0.05, 0) is 37.0 Å². The molecule has 0 aliphatic heterocycles. The number of halogens is 1. The Morgan fingerprint density at radius 3 is 2.61 bits per heavy atom. The third-order valence-corrected chi connectivity index (χ3v) is 4.44. The average Bonchev–Trinajstić information content (AvgIpc) is 2.82. The quantitative estimate of drug-likeness (QED) is 0.906. The lowest BCUT2D eigenvalue weighted by molar-refractivity contribution is -0.0971. The molecule has 1 aromatic rings. The minimum Gasteiger partial charge on any atom is -0.390 e. The van der Waals surface area contributed by atoms with Crippen LogP contribution in [0.25, 0.3) is 0 Å². The highest BCUT2D eigenvalue weighted by molar-refractivity contribution is 6.31. The third-order valence-electron chi connectivity index (χ3n) is 4.09. The highest BCUT2D eigenvalue weighted by Crippen LogP contribution is 2.37. The van der Waals surface area contributed by atoms with E-state index in [0.717, 1.165) is 41.8 Å². The van der Waals surface area contributed by atoms with E-state index in [1.54, 1.807) is 7.11 Å². The van der Waals surface area contributed by atoms with Crippen molar-refractivity contribution >= 4 is 11.6 Å². The number of benzene rings is 1. The van der Waals surface area contributed by atoms with Crippen LogP contribution in [0.3, 0.4) is 0 Å². The summed E-state index contributed by atoms with van der Waals surface area (Å²) in [5.74, 6) is 0. The van der Waals surface area contributed by atoms with Crippen LogP contribution in [0.4, 0.5) is 0 Å². The normalized spacial score (nSPS) is 20.0. The summed E-state index contributed by atoms with van der Waals surface area (Å²) in [7, 11) is 1.70. The first-order valence-corrected chi connectivity index (χ1v) is 6.93. The van der Waals surface area contributed by atoms with Crippen LogP contribution < -0.4 is 0 Å². The molecule has 0 saturated heterocycles. The van der Waals surface area contributed by atoms with Gasteiger partial charge in [-0.3, -0.25) is 0 Å². The minimum atomic E-state index is -0.481. The first-order valence-electron chi connectivity index (χ1n) is 6.56. The molecule has 1 unspecified atom stereocenters. The fraction of sp³-hybridized carbons (Fsp3) is 0.600. The zero-order valence-electron chi connectivity index (χ0n) is 11.1. The number of aliphatic hydroxyl groups excluding tert-OH is 1. The molecular formula is C15H21ClO2. The maximum atomic E-state index is 10.5. The van der Waals surface area contributed by atoms with Crippen LogP contribution in [0.5, 0.6) is 0 Å². The van der Waals surface area contributed by atoms with Crippen LogP contribution in [-0.2, 0) is 11.2 Å². The van der Waals surface area contributed by atoms with Gasteiger partial charge in [-0.1, -0.05) is 36.6 Å². The molecule has 0 radical (unpaired) electrons. The molecule has 1 aliphatic rings. The standard InChI is InChI=1S/C15H21ClO2/c1-11-5-6-12(13(16)9-11)10-14(17)15(18-2)7-3-4-8-15/h5-6,9,14,17H,3-4,7-8,10H2,1-2H3. The lowest BCUT2D eigenvalue weighted by Gasteiger charge is -2.33. The summed E-state index contributed by atoms with van der Waals surface area (Å²) >= 11 is 6.22.